The highest BCUT2D eigenvalue weighted by molar-refractivity contribution is 7.89. The molecule has 0 saturated carbocycles. The summed E-state index contributed by atoms with van der Waals surface area (Å²) in [6.45, 7) is 1.82. The quantitative estimate of drug-likeness (QED) is 0.390. The second-order valence-electron chi connectivity index (χ2n) is 9.02. The predicted molar refractivity (Wildman–Crippen MR) is 136 cm³/mol. The van der Waals surface area contributed by atoms with Gasteiger partial charge in [0.2, 0.25) is 10.0 Å². The topological polar surface area (TPSA) is 103 Å². The second kappa shape index (κ2) is 9.66. The van der Waals surface area contributed by atoms with Crippen molar-refractivity contribution in [2.45, 2.75) is 11.4 Å². The smallest absolute Gasteiger partial charge is 0.253 e. The number of sulfonamides is 1. The Bertz CT molecular complexity index is 1700. The number of carbonyl (C=O) groups excluding carboxylic acids is 1. The molecule has 2 N–H and O–H groups in total. The number of halogens is 2. The van der Waals surface area contributed by atoms with Crippen molar-refractivity contribution in [1.82, 2.24) is 19.5 Å². The van der Waals surface area contributed by atoms with E-state index >= 15 is 0 Å². The Balaban J connectivity index is 1.47. The number of piperazine rings is 1. The molecule has 1 fully saturated rings. The first-order valence-corrected chi connectivity index (χ1v) is 13.1. The van der Waals surface area contributed by atoms with Gasteiger partial charge in [0, 0.05) is 49.0 Å². The SMILES string of the molecule is CN1CCN(S(=O)(=O)c2ccccc2CNC(=O)c2cc(F)cc3c(=O)c4cc(F)ccc4[nH]c23)CC1. The van der Waals surface area contributed by atoms with E-state index in [1.807, 2.05) is 11.9 Å². The van der Waals surface area contributed by atoms with E-state index in [0.29, 0.717) is 37.3 Å². The first kappa shape index (κ1) is 25.0. The molecule has 3 aromatic carbocycles. The van der Waals surface area contributed by atoms with Crippen molar-refractivity contribution < 1.29 is 22.0 Å². The fourth-order valence-electron chi connectivity index (χ4n) is 4.53. The number of hydrogen-bond acceptors (Lipinski definition) is 5. The first-order valence-electron chi connectivity index (χ1n) is 11.6. The zero-order valence-corrected chi connectivity index (χ0v) is 20.7. The average molecular weight is 527 g/mol. The number of nitrogens with one attached hydrogen (secondary N) is 2. The molecule has 0 spiro atoms. The number of carbonyl (C=O) groups is 1. The highest BCUT2D eigenvalue weighted by Crippen LogP contribution is 2.23. The van der Waals surface area contributed by atoms with Gasteiger partial charge in [-0.05, 0) is 49.0 Å². The van der Waals surface area contributed by atoms with Crippen molar-refractivity contribution >= 4 is 37.7 Å². The van der Waals surface area contributed by atoms with Gasteiger partial charge in [0.25, 0.3) is 5.91 Å². The van der Waals surface area contributed by atoms with Gasteiger partial charge in [-0.15, -0.1) is 0 Å². The third kappa shape index (κ3) is 4.73. The van der Waals surface area contributed by atoms with E-state index in [4.69, 9.17) is 0 Å². The van der Waals surface area contributed by atoms with Crippen LogP contribution < -0.4 is 10.7 Å². The van der Waals surface area contributed by atoms with Gasteiger partial charge in [0.1, 0.15) is 11.6 Å². The van der Waals surface area contributed by atoms with Crippen LogP contribution in [0.5, 0.6) is 0 Å². The number of benzene rings is 3. The normalized spacial score (nSPS) is 15.3. The summed E-state index contributed by atoms with van der Waals surface area (Å²) >= 11 is 0. The Morgan fingerprint density at radius 2 is 1.68 bits per heavy atom. The molecule has 0 radical (unpaired) electrons. The number of aromatic amines is 1. The van der Waals surface area contributed by atoms with Crippen molar-refractivity contribution in [3.05, 3.63) is 87.6 Å². The monoisotopic (exact) mass is 526 g/mol. The molecule has 1 saturated heterocycles. The summed E-state index contributed by atoms with van der Waals surface area (Å²) in [6.07, 6.45) is 0. The first-order chi connectivity index (χ1) is 17.6. The highest BCUT2D eigenvalue weighted by atomic mass is 32.2. The highest BCUT2D eigenvalue weighted by Gasteiger charge is 2.29. The van der Waals surface area contributed by atoms with Crippen LogP contribution in [0, 0.1) is 11.6 Å². The summed E-state index contributed by atoms with van der Waals surface area (Å²) in [6, 6.07) is 12.0. The van der Waals surface area contributed by atoms with Crippen molar-refractivity contribution in [3.63, 3.8) is 0 Å². The van der Waals surface area contributed by atoms with Crippen LogP contribution in [0.2, 0.25) is 0 Å². The van der Waals surface area contributed by atoms with E-state index in [9.17, 15) is 26.8 Å². The Morgan fingerprint density at radius 3 is 2.43 bits per heavy atom. The molecule has 2 heterocycles. The lowest BCUT2D eigenvalue weighted by Crippen LogP contribution is -2.47. The minimum atomic E-state index is -3.79. The standard InChI is InChI=1S/C26H24F2N4O4S/c1-31-8-10-32(11-9-31)37(35,36)23-5-3-2-4-16(23)15-29-26(34)21-14-18(28)13-20-24(21)30-22-7-6-17(27)12-19(22)25(20)33/h2-7,12-14H,8-11,15H2,1H3,(H,29,34)(H,30,33). The van der Waals surface area contributed by atoms with Crippen LogP contribution in [0.25, 0.3) is 21.8 Å². The number of nitrogens with zero attached hydrogens (tertiary/aromatic N) is 2. The average Bonchev–Trinajstić information content (AvgIpc) is 2.88. The Labute approximate surface area is 211 Å². The van der Waals surface area contributed by atoms with E-state index in [-0.39, 0.29) is 33.3 Å². The Kier molecular flexibility index (Phi) is 6.52. The number of fused-ring (bicyclic) bond motifs is 2. The van der Waals surface area contributed by atoms with Gasteiger partial charge in [0.05, 0.1) is 16.0 Å². The number of aromatic nitrogens is 1. The van der Waals surface area contributed by atoms with Gasteiger partial charge in [0.15, 0.2) is 5.43 Å². The molecule has 5 rings (SSSR count). The van der Waals surface area contributed by atoms with E-state index in [2.05, 4.69) is 10.3 Å². The number of pyridine rings is 1. The van der Waals surface area contributed by atoms with Gasteiger partial charge >= 0.3 is 0 Å². The molecule has 0 atom stereocenters. The van der Waals surface area contributed by atoms with Crippen molar-refractivity contribution in [1.29, 1.82) is 0 Å². The predicted octanol–water partition coefficient (Wildman–Crippen LogP) is 2.83. The molecule has 1 aliphatic rings. The van der Waals surface area contributed by atoms with Crippen molar-refractivity contribution in [2.75, 3.05) is 33.2 Å². The zero-order valence-electron chi connectivity index (χ0n) is 19.9. The number of H-pyrrole nitrogens is 1. The fraction of sp³-hybridized carbons (Fsp3) is 0.231. The van der Waals surface area contributed by atoms with Gasteiger partial charge in [-0.1, -0.05) is 18.2 Å². The maximum Gasteiger partial charge on any atom is 0.253 e. The summed E-state index contributed by atoms with van der Waals surface area (Å²) in [5, 5.41) is 2.59. The van der Waals surface area contributed by atoms with Crippen LogP contribution in [0.1, 0.15) is 15.9 Å². The molecule has 4 aromatic rings. The van der Waals surface area contributed by atoms with E-state index < -0.39 is 33.0 Å². The number of hydrogen-bond donors (Lipinski definition) is 2. The summed E-state index contributed by atoms with van der Waals surface area (Å²) in [7, 11) is -1.86. The van der Waals surface area contributed by atoms with Crippen LogP contribution in [0.15, 0.2) is 64.3 Å². The number of amides is 1. The molecular formula is C26H24F2N4O4S. The van der Waals surface area contributed by atoms with Gasteiger partial charge in [-0.3, -0.25) is 9.59 Å². The molecule has 8 nitrogen and oxygen atoms in total. The Hall–Kier alpha value is -3.67. The molecule has 1 aliphatic heterocycles. The van der Waals surface area contributed by atoms with Crippen LogP contribution in [-0.4, -0.2) is 61.7 Å². The third-order valence-electron chi connectivity index (χ3n) is 6.57. The van der Waals surface area contributed by atoms with Crippen molar-refractivity contribution in [3.8, 4) is 0 Å². The maximum atomic E-state index is 14.4. The fourth-order valence-corrected chi connectivity index (χ4v) is 6.18. The minimum absolute atomic E-state index is 0.0347. The molecule has 1 amide bonds. The molecule has 1 aromatic heterocycles. The molecular weight excluding hydrogens is 502 g/mol. The summed E-state index contributed by atoms with van der Waals surface area (Å²) in [4.78, 5) is 31.1. The largest absolute Gasteiger partial charge is 0.354 e. The summed E-state index contributed by atoms with van der Waals surface area (Å²) < 4.78 is 56.2. The molecule has 0 unspecified atom stereocenters. The van der Waals surface area contributed by atoms with Crippen molar-refractivity contribution in [2.24, 2.45) is 0 Å². The van der Waals surface area contributed by atoms with E-state index in [1.165, 1.54) is 22.5 Å². The lowest BCUT2D eigenvalue weighted by molar-refractivity contribution is 0.0951. The summed E-state index contributed by atoms with van der Waals surface area (Å²) in [5.74, 6) is -2.12. The minimum Gasteiger partial charge on any atom is -0.354 e. The van der Waals surface area contributed by atoms with Crippen LogP contribution in [0.4, 0.5) is 8.78 Å². The van der Waals surface area contributed by atoms with Gasteiger partial charge in [-0.2, -0.15) is 4.31 Å². The van der Waals surface area contributed by atoms with Crippen LogP contribution >= 0.6 is 0 Å². The number of rotatable bonds is 5. The molecule has 192 valence electrons. The maximum absolute atomic E-state index is 14.4. The van der Waals surface area contributed by atoms with E-state index in [0.717, 1.165) is 18.2 Å². The zero-order chi connectivity index (χ0) is 26.3. The number of likely N-dealkylation sites (N-methyl/N-ethyl adjacent to an activating group) is 1. The molecule has 0 aliphatic carbocycles. The molecule has 0 bridgehead atoms. The molecule has 37 heavy (non-hydrogen) atoms. The third-order valence-corrected chi connectivity index (χ3v) is 8.57. The van der Waals surface area contributed by atoms with E-state index in [1.54, 1.807) is 18.2 Å². The van der Waals surface area contributed by atoms with Crippen LogP contribution in [0.3, 0.4) is 0 Å². The second-order valence-corrected chi connectivity index (χ2v) is 10.9. The van der Waals surface area contributed by atoms with Gasteiger partial charge in [-0.25, -0.2) is 17.2 Å². The van der Waals surface area contributed by atoms with Crippen LogP contribution in [-0.2, 0) is 16.6 Å². The molecule has 11 heteroatoms. The van der Waals surface area contributed by atoms with Gasteiger partial charge < -0.3 is 15.2 Å². The Morgan fingerprint density at radius 1 is 0.973 bits per heavy atom. The summed E-state index contributed by atoms with van der Waals surface area (Å²) in [5.41, 5.74) is 0.0348. The lowest BCUT2D eigenvalue weighted by Gasteiger charge is -2.32. The lowest BCUT2D eigenvalue weighted by atomic mass is 10.0.